The highest BCUT2D eigenvalue weighted by molar-refractivity contribution is 7.99. The molecule has 0 N–H and O–H groups in total. The van der Waals surface area contributed by atoms with Crippen LogP contribution in [0.1, 0.15) is 29.3 Å². The summed E-state index contributed by atoms with van der Waals surface area (Å²) in [7, 11) is 0. The van der Waals surface area contributed by atoms with Crippen LogP contribution in [0.3, 0.4) is 0 Å². The van der Waals surface area contributed by atoms with Crippen molar-refractivity contribution in [2.75, 3.05) is 5.75 Å². The van der Waals surface area contributed by atoms with Gasteiger partial charge in [0.1, 0.15) is 10.3 Å². The summed E-state index contributed by atoms with van der Waals surface area (Å²) in [6, 6.07) is 10.5. The van der Waals surface area contributed by atoms with Gasteiger partial charge in [-0.2, -0.15) is 0 Å². The molecule has 0 unspecified atom stereocenters. The van der Waals surface area contributed by atoms with Crippen molar-refractivity contribution in [3.05, 3.63) is 68.7 Å². The van der Waals surface area contributed by atoms with Crippen LogP contribution in [0.2, 0.25) is 0 Å². The third-order valence-electron chi connectivity index (χ3n) is 4.68. The van der Waals surface area contributed by atoms with Crippen molar-refractivity contribution in [1.82, 2.24) is 9.55 Å². The number of nitrogens with zero attached hydrogens (tertiary/aromatic N) is 2. The van der Waals surface area contributed by atoms with E-state index in [4.69, 9.17) is 4.98 Å². The van der Waals surface area contributed by atoms with Crippen LogP contribution in [0, 0.1) is 0 Å². The molecule has 0 radical (unpaired) electrons. The molecule has 0 atom stereocenters. The molecule has 0 bridgehead atoms. The van der Waals surface area contributed by atoms with Gasteiger partial charge in [0.2, 0.25) is 5.43 Å². The van der Waals surface area contributed by atoms with Gasteiger partial charge in [0.15, 0.2) is 5.16 Å². The third kappa shape index (κ3) is 3.38. The summed E-state index contributed by atoms with van der Waals surface area (Å²) in [4.78, 5) is 20.0. The molecule has 1 aliphatic rings. The first kappa shape index (κ1) is 17.6. The second-order valence-corrected chi connectivity index (χ2v) is 8.89. The number of thioether (sulfide) groups is 1. The molecule has 0 saturated carbocycles. The number of imidazole rings is 1. The normalized spacial score (nSPS) is 13.3. The zero-order valence-electron chi connectivity index (χ0n) is 15.0. The fourth-order valence-electron chi connectivity index (χ4n) is 3.38. The molecule has 2 aromatic heterocycles. The van der Waals surface area contributed by atoms with E-state index < -0.39 is 0 Å². The topological polar surface area (TPSA) is 34.9 Å². The van der Waals surface area contributed by atoms with E-state index in [9.17, 15) is 4.79 Å². The lowest BCUT2D eigenvalue weighted by Crippen LogP contribution is -2.08. The maximum atomic E-state index is 12.9. The Bertz CT molecular complexity index is 1020. The van der Waals surface area contributed by atoms with Gasteiger partial charge in [-0.15, -0.1) is 11.3 Å². The predicted molar refractivity (Wildman–Crippen MR) is 112 cm³/mol. The Kier molecular flexibility index (Phi) is 5.00. The van der Waals surface area contributed by atoms with Gasteiger partial charge in [-0.3, -0.25) is 4.79 Å². The lowest BCUT2D eigenvalue weighted by Gasteiger charge is -2.09. The van der Waals surface area contributed by atoms with E-state index in [1.807, 2.05) is 13.0 Å². The number of hydrogen-bond acceptors (Lipinski definition) is 4. The molecule has 0 fully saturated rings. The first-order valence-corrected chi connectivity index (χ1v) is 10.8. The first-order chi connectivity index (χ1) is 12.6. The molecule has 3 nitrogen and oxygen atoms in total. The van der Waals surface area contributed by atoms with E-state index in [0.29, 0.717) is 5.52 Å². The molecule has 1 aliphatic carbocycles. The summed E-state index contributed by atoms with van der Waals surface area (Å²) in [5, 5.41) is 0.941. The van der Waals surface area contributed by atoms with E-state index in [2.05, 4.69) is 35.4 Å². The molecule has 0 amide bonds. The van der Waals surface area contributed by atoms with E-state index >= 15 is 0 Å². The van der Waals surface area contributed by atoms with Gasteiger partial charge in [-0.05, 0) is 38.2 Å². The Morgan fingerprint density at radius 3 is 2.88 bits per heavy atom. The Hall–Kier alpha value is -1.85. The summed E-state index contributed by atoms with van der Waals surface area (Å²) in [5.74, 6) is 0.827. The van der Waals surface area contributed by atoms with Gasteiger partial charge < -0.3 is 4.57 Å². The highest BCUT2D eigenvalue weighted by Gasteiger charge is 2.22. The minimum Gasteiger partial charge on any atom is -0.310 e. The van der Waals surface area contributed by atoms with Crippen molar-refractivity contribution in [3.63, 3.8) is 0 Å². The summed E-state index contributed by atoms with van der Waals surface area (Å²) in [6.07, 6.45) is 3.97. The fourth-order valence-corrected chi connectivity index (χ4v) is 5.63. The molecule has 5 heteroatoms. The largest absolute Gasteiger partial charge is 0.310 e. The molecule has 134 valence electrons. The maximum Gasteiger partial charge on any atom is 0.211 e. The Morgan fingerprint density at radius 1 is 1.31 bits per heavy atom. The van der Waals surface area contributed by atoms with Crippen LogP contribution in [0.25, 0.3) is 10.3 Å². The van der Waals surface area contributed by atoms with Crippen LogP contribution in [0.5, 0.6) is 0 Å². The molecule has 2 heterocycles. The quantitative estimate of drug-likeness (QED) is 0.451. The van der Waals surface area contributed by atoms with Gasteiger partial charge >= 0.3 is 0 Å². The number of benzene rings is 1. The van der Waals surface area contributed by atoms with Crippen LogP contribution in [0.4, 0.5) is 0 Å². The van der Waals surface area contributed by atoms with Crippen molar-refractivity contribution in [2.45, 2.75) is 44.3 Å². The molecule has 26 heavy (non-hydrogen) atoms. The standard InChI is InChI=1S/C21H22N2OS2/c1-14(2)13-25-21-22-18-19(24)16-9-6-10-17(16)26-20(18)23(21)12-11-15-7-4-3-5-8-15/h3-5,7-8H,1,6,9-13H2,2H3. The average molecular weight is 383 g/mol. The van der Waals surface area contributed by atoms with Crippen LogP contribution in [-0.2, 0) is 25.8 Å². The number of aromatic nitrogens is 2. The Morgan fingerprint density at radius 2 is 2.12 bits per heavy atom. The number of fused-ring (bicyclic) bond motifs is 2. The van der Waals surface area contributed by atoms with Gasteiger partial charge in [-0.25, -0.2) is 4.98 Å². The molecule has 0 saturated heterocycles. The summed E-state index contributed by atoms with van der Waals surface area (Å²) >= 11 is 3.45. The van der Waals surface area contributed by atoms with Gasteiger partial charge in [0.25, 0.3) is 0 Å². The summed E-state index contributed by atoms with van der Waals surface area (Å²) in [6.45, 7) is 6.87. The highest BCUT2D eigenvalue weighted by atomic mass is 32.2. The lowest BCUT2D eigenvalue weighted by atomic mass is 10.1. The number of aryl methyl sites for hydroxylation is 3. The monoisotopic (exact) mass is 382 g/mol. The zero-order chi connectivity index (χ0) is 18.1. The van der Waals surface area contributed by atoms with E-state index in [1.165, 1.54) is 10.4 Å². The average Bonchev–Trinajstić information content (AvgIpc) is 3.24. The van der Waals surface area contributed by atoms with Gasteiger partial charge in [0, 0.05) is 22.7 Å². The molecule has 4 rings (SSSR count). The SMILES string of the molecule is C=C(C)CSc1nc2c(=O)c3c(sc2n1CCc1ccccc1)CCC3. The molecule has 3 aromatic rings. The van der Waals surface area contributed by atoms with E-state index in [0.717, 1.165) is 59.1 Å². The molecule has 0 spiro atoms. The summed E-state index contributed by atoms with van der Waals surface area (Å²) < 4.78 is 2.25. The molecular weight excluding hydrogens is 360 g/mol. The minimum atomic E-state index is 0.155. The highest BCUT2D eigenvalue weighted by Crippen LogP contribution is 2.32. The number of hydrogen-bond donors (Lipinski definition) is 0. The van der Waals surface area contributed by atoms with Crippen LogP contribution in [-0.4, -0.2) is 15.3 Å². The second-order valence-electron chi connectivity index (χ2n) is 6.87. The number of rotatable bonds is 6. The third-order valence-corrected chi connectivity index (χ3v) is 7.19. The fraction of sp³-hybridized carbons (Fsp3) is 0.333. The van der Waals surface area contributed by atoms with Crippen LogP contribution < -0.4 is 5.43 Å². The van der Waals surface area contributed by atoms with Crippen molar-refractivity contribution >= 4 is 33.4 Å². The minimum absolute atomic E-state index is 0.155. The van der Waals surface area contributed by atoms with E-state index in [1.54, 1.807) is 23.1 Å². The molecule has 1 aromatic carbocycles. The second kappa shape index (κ2) is 7.41. The van der Waals surface area contributed by atoms with Crippen molar-refractivity contribution < 1.29 is 0 Å². The predicted octanol–water partition coefficient (Wildman–Crippen LogP) is 4.86. The zero-order valence-corrected chi connectivity index (χ0v) is 16.6. The van der Waals surface area contributed by atoms with Gasteiger partial charge in [0.05, 0.1) is 0 Å². The summed E-state index contributed by atoms with van der Waals surface area (Å²) in [5.41, 5.74) is 4.24. The Balaban J connectivity index is 1.76. The Labute approximate surface area is 161 Å². The molecular formula is C21H22N2OS2. The first-order valence-electron chi connectivity index (χ1n) is 8.99. The smallest absolute Gasteiger partial charge is 0.211 e. The van der Waals surface area contributed by atoms with Crippen LogP contribution >= 0.6 is 23.1 Å². The van der Waals surface area contributed by atoms with Crippen molar-refractivity contribution in [3.8, 4) is 0 Å². The van der Waals surface area contributed by atoms with Crippen molar-refractivity contribution in [1.29, 1.82) is 0 Å². The molecule has 0 aliphatic heterocycles. The van der Waals surface area contributed by atoms with Crippen molar-refractivity contribution in [2.24, 2.45) is 0 Å². The van der Waals surface area contributed by atoms with E-state index in [-0.39, 0.29) is 5.43 Å². The van der Waals surface area contributed by atoms with Crippen LogP contribution in [0.15, 0.2) is 52.4 Å². The lowest BCUT2D eigenvalue weighted by molar-refractivity contribution is 0.655. The van der Waals surface area contributed by atoms with Gasteiger partial charge in [-0.1, -0.05) is 54.2 Å². The maximum absolute atomic E-state index is 12.9.